The summed E-state index contributed by atoms with van der Waals surface area (Å²) in [5, 5.41) is 20.9. The Bertz CT molecular complexity index is 1750. The van der Waals surface area contributed by atoms with Gasteiger partial charge in [0.15, 0.2) is 12.3 Å². The normalized spacial score (nSPS) is 22.7. The number of allylic oxidation sites excluding steroid dienone is 1. The van der Waals surface area contributed by atoms with E-state index in [0.717, 1.165) is 87.3 Å². The Balaban J connectivity index is 1.40. The summed E-state index contributed by atoms with van der Waals surface area (Å²) < 4.78 is 62.5. The quantitative estimate of drug-likeness (QED) is 0.0136. The molecule has 21 heteroatoms. The first kappa shape index (κ1) is 58.8. The fourth-order valence-corrected chi connectivity index (χ4v) is 9.85. The summed E-state index contributed by atoms with van der Waals surface area (Å²) in [6.07, 6.45) is 21.9. The molecule has 0 amide bonds. The number of unbranched alkanes of at least 4 members (excludes halogenated alkanes) is 16. The standard InChI is InChI=1S/C46H81N3O16P2/c1-4-5-20-26-37-38(63-37)27-22-17-13-10-11-14-18-23-28-41(50)59-32-36(62-42(51)29-24-19-15-9-7-6-8-12-16-21-25-35(2)3)33-60-66(55,56)65-67(57,58)61-34-39-43(52)44(53)45(64-39)49-31-30-40(47)48-46(49)54/h17,22,30-31,35-39,43-45,52-53H,4-16,18-21,23-29,32-34H2,1-3H3,(H,55,56)(H,57,58)(H2,47,48,54)/b22-17-/t36-,37?,38?,39-,43-,44-,45-/m1/s1. The van der Waals surface area contributed by atoms with Crippen LogP contribution in [-0.4, -0.2) is 97.9 Å². The van der Waals surface area contributed by atoms with E-state index in [0.29, 0.717) is 25.0 Å². The van der Waals surface area contributed by atoms with E-state index in [-0.39, 0.29) is 18.7 Å². The highest BCUT2D eigenvalue weighted by atomic mass is 31.3. The highest BCUT2D eigenvalue weighted by molar-refractivity contribution is 7.61. The van der Waals surface area contributed by atoms with Crippen LogP contribution in [0.5, 0.6) is 0 Å². The average Bonchev–Trinajstić information content (AvgIpc) is 3.96. The number of nitrogens with zero attached hydrogens (tertiary/aromatic N) is 2. The molecule has 4 unspecified atom stereocenters. The van der Waals surface area contributed by atoms with Crippen molar-refractivity contribution in [2.75, 3.05) is 25.6 Å². The summed E-state index contributed by atoms with van der Waals surface area (Å²) >= 11 is 0. The summed E-state index contributed by atoms with van der Waals surface area (Å²) in [6.45, 7) is 4.39. The average molecular weight is 994 g/mol. The number of aliphatic hydroxyl groups excluding tert-OH is 2. The fourth-order valence-electron chi connectivity index (χ4n) is 7.74. The monoisotopic (exact) mass is 994 g/mol. The van der Waals surface area contributed by atoms with Crippen LogP contribution in [-0.2, 0) is 51.0 Å². The van der Waals surface area contributed by atoms with Gasteiger partial charge in [0.1, 0.15) is 30.7 Å². The maximum Gasteiger partial charge on any atom is 0.481 e. The number of nitrogens with two attached hydrogens (primary N) is 1. The molecule has 2 aliphatic heterocycles. The van der Waals surface area contributed by atoms with Gasteiger partial charge in [-0.1, -0.05) is 136 Å². The molecular formula is C46H81N3O16P2. The van der Waals surface area contributed by atoms with Gasteiger partial charge in [-0.2, -0.15) is 9.29 Å². The molecule has 0 aromatic carbocycles. The van der Waals surface area contributed by atoms with Crippen molar-refractivity contribution in [1.29, 1.82) is 0 Å². The number of anilines is 1. The molecule has 0 radical (unpaired) electrons. The first-order valence-electron chi connectivity index (χ1n) is 24.7. The van der Waals surface area contributed by atoms with Crippen LogP contribution in [0.4, 0.5) is 5.82 Å². The molecule has 9 atom stereocenters. The van der Waals surface area contributed by atoms with Crippen molar-refractivity contribution in [2.24, 2.45) is 5.92 Å². The number of esters is 2. The molecule has 2 aliphatic rings. The summed E-state index contributed by atoms with van der Waals surface area (Å²) in [5.74, 6) is -0.566. The zero-order chi connectivity index (χ0) is 49.1. The number of ether oxygens (including phenoxy) is 4. The lowest BCUT2D eigenvalue weighted by Crippen LogP contribution is -2.36. The van der Waals surface area contributed by atoms with Gasteiger partial charge in [-0.3, -0.25) is 23.2 Å². The van der Waals surface area contributed by atoms with Crippen LogP contribution < -0.4 is 11.4 Å². The van der Waals surface area contributed by atoms with Crippen molar-refractivity contribution >= 4 is 33.4 Å². The van der Waals surface area contributed by atoms with Crippen LogP contribution in [0.2, 0.25) is 0 Å². The number of nitrogen functional groups attached to an aromatic ring is 1. The highest BCUT2D eigenvalue weighted by Gasteiger charge is 2.46. The third-order valence-corrected chi connectivity index (χ3v) is 14.3. The van der Waals surface area contributed by atoms with Gasteiger partial charge in [0.05, 0.1) is 25.4 Å². The Kier molecular flexibility index (Phi) is 28.4. The number of aliphatic hydroxyl groups is 2. The lowest BCUT2D eigenvalue weighted by molar-refractivity contribution is -0.161. The third-order valence-electron chi connectivity index (χ3n) is 11.7. The maximum absolute atomic E-state index is 12.8. The second kappa shape index (κ2) is 32.4. The van der Waals surface area contributed by atoms with Gasteiger partial charge in [0.2, 0.25) is 0 Å². The molecule has 67 heavy (non-hydrogen) atoms. The number of phosphoric ester groups is 2. The van der Waals surface area contributed by atoms with Crippen molar-refractivity contribution in [1.82, 2.24) is 9.55 Å². The predicted octanol–water partition coefficient (Wildman–Crippen LogP) is 8.51. The molecule has 0 aliphatic carbocycles. The molecule has 3 heterocycles. The number of phosphoric acid groups is 2. The molecule has 2 saturated heterocycles. The topological polar surface area (TPSA) is 278 Å². The summed E-state index contributed by atoms with van der Waals surface area (Å²) in [7, 11) is -10.8. The Hall–Kier alpha value is -2.54. The summed E-state index contributed by atoms with van der Waals surface area (Å²) in [4.78, 5) is 61.8. The van der Waals surface area contributed by atoms with Crippen LogP contribution in [0, 0.1) is 5.92 Å². The van der Waals surface area contributed by atoms with Crippen molar-refractivity contribution in [3.63, 3.8) is 0 Å². The van der Waals surface area contributed by atoms with E-state index in [2.05, 4.69) is 42.2 Å². The molecular weight excluding hydrogens is 912 g/mol. The van der Waals surface area contributed by atoms with E-state index in [1.807, 2.05) is 0 Å². The lowest BCUT2D eigenvalue weighted by Gasteiger charge is -2.21. The second-order valence-electron chi connectivity index (χ2n) is 18.2. The van der Waals surface area contributed by atoms with Crippen LogP contribution in [0.25, 0.3) is 0 Å². The lowest BCUT2D eigenvalue weighted by atomic mass is 10.0. The number of carbonyl (C=O) groups is 2. The highest BCUT2D eigenvalue weighted by Crippen LogP contribution is 2.60. The Labute approximate surface area is 397 Å². The third kappa shape index (κ3) is 25.8. The zero-order valence-electron chi connectivity index (χ0n) is 40.1. The van der Waals surface area contributed by atoms with Crippen LogP contribution >= 0.6 is 15.6 Å². The molecule has 3 rings (SSSR count). The molecule has 386 valence electrons. The van der Waals surface area contributed by atoms with Crippen molar-refractivity contribution in [3.05, 3.63) is 34.9 Å². The minimum Gasteiger partial charge on any atom is -0.462 e. The van der Waals surface area contributed by atoms with Gasteiger partial charge >= 0.3 is 33.3 Å². The van der Waals surface area contributed by atoms with Crippen LogP contribution in [0.3, 0.4) is 0 Å². The molecule has 2 fully saturated rings. The summed E-state index contributed by atoms with van der Waals surface area (Å²) in [6, 6.07) is 1.25. The van der Waals surface area contributed by atoms with Gasteiger partial charge in [0, 0.05) is 19.0 Å². The Morgan fingerprint density at radius 3 is 2.03 bits per heavy atom. The van der Waals surface area contributed by atoms with Crippen molar-refractivity contribution in [2.45, 2.75) is 218 Å². The van der Waals surface area contributed by atoms with Gasteiger partial charge in [0.25, 0.3) is 0 Å². The fraction of sp³-hybridized carbons (Fsp3) is 0.826. The minimum absolute atomic E-state index is 0.0473. The number of hydrogen-bond acceptors (Lipinski definition) is 16. The number of epoxide rings is 1. The number of aromatic nitrogens is 2. The smallest absolute Gasteiger partial charge is 0.462 e. The van der Waals surface area contributed by atoms with Crippen LogP contribution in [0.15, 0.2) is 29.2 Å². The molecule has 0 bridgehead atoms. The second-order valence-corrected chi connectivity index (χ2v) is 21.2. The Morgan fingerprint density at radius 1 is 0.776 bits per heavy atom. The van der Waals surface area contributed by atoms with Crippen molar-refractivity contribution < 1.29 is 71.0 Å². The minimum atomic E-state index is -5.42. The number of rotatable bonds is 39. The maximum atomic E-state index is 12.8. The van der Waals surface area contributed by atoms with E-state index in [9.17, 15) is 43.5 Å². The molecule has 0 spiro atoms. The van der Waals surface area contributed by atoms with E-state index in [4.69, 9.17) is 33.7 Å². The van der Waals surface area contributed by atoms with Gasteiger partial charge in [-0.25, -0.2) is 13.9 Å². The number of carbonyl (C=O) groups excluding carboxylic acids is 2. The van der Waals surface area contributed by atoms with Gasteiger partial charge < -0.3 is 44.7 Å². The first-order valence-corrected chi connectivity index (χ1v) is 27.7. The molecule has 1 aromatic rings. The van der Waals surface area contributed by atoms with E-state index in [1.165, 1.54) is 63.9 Å². The van der Waals surface area contributed by atoms with Gasteiger partial charge in [-0.05, 0) is 50.5 Å². The number of hydrogen-bond donors (Lipinski definition) is 5. The summed E-state index contributed by atoms with van der Waals surface area (Å²) in [5.41, 5.74) is 4.58. The van der Waals surface area contributed by atoms with E-state index >= 15 is 0 Å². The Morgan fingerprint density at radius 2 is 1.39 bits per heavy atom. The molecule has 0 saturated carbocycles. The van der Waals surface area contributed by atoms with Gasteiger partial charge in [-0.15, -0.1) is 0 Å². The van der Waals surface area contributed by atoms with E-state index < -0.39 is 83.7 Å². The first-order chi connectivity index (χ1) is 32.0. The molecule has 6 N–H and O–H groups in total. The van der Waals surface area contributed by atoms with E-state index in [1.54, 1.807) is 0 Å². The molecule has 1 aromatic heterocycles. The largest absolute Gasteiger partial charge is 0.481 e. The SMILES string of the molecule is CCCCCC1OC1C/C=C\CCCCCCCC(=O)OC[C@H](COP(=O)(O)OP(=O)(O)OC[C@H]1O[C@@H](n2ccc(N)nc2=O)[C@H](O)[C@@H]1O)OC(=O)CCCCCCCCCCCCC(C)C. The van der Waals surface area contributed by atoms with Crippen LogP contribution in [0.1, 0.15) is 181 Å². The molecule has 19 nitrogen and oxygen atoms in total. The predicted molar refractivity (Wildman–Crippen MR) is 251 cm³/mol. The van der Waals surface area contributed by atoms with Crippen molar-refractivity contribution in [3.8, 4) is 0 Å². The zero-order valence-corrected chi connectivity index (χ0v) is 41.9.